The molecule has 192 valence electrons. The number of nitrogens with one attached hydrogen (secondary N) is 1. The average Bonchev–Trinajstić information content (AvgIpc) is 3.29. The zero-order chi connectivity index (χ0) is 25.9. The third-order valence-corrected chi connectivity index (χ3v) is 7.84. The van der Waals surface area contributed by atoms with Crippen LogP contribution in [-0.4, -0.2) is 35.7 Å². The molecule has 0 fully saturated rings. The zero-order valence-corrected chi connectivity index (χ0v) is 22.1. The lowest BCUT2D eigenvalue weighted by atomic mass is 9.87. The maximum atomic E-state index is 13.3. The van der Waals surface area contributed by atoms with Crippen molar-refractivity contribution in [2.45, 2.75) is 51.6 Å². The number of carbonyl (C=O) groups excluding carboxylic acids is 2. The van der Waals surface area contributed by atoms with Crippen molar-refractivity contribution < 1.29 is 19.1 Å². The number of thioether (sulfide) groups is 1. The Hall–Kier alpha value is -3.52. The maximum Gasteiger partial charge on any atom is 0.338 e. The van der Waals surface area contributed by atoms with Crippen molar-refractivity contribution in [2.75, 3.05) is 13.7 Å². The zero-order valence-electron chi connectivity index (χ0n) is 21.3. The largest absolute Gasteiger partial charge is 0.497 e. The number of aryl methyl sites for hydroxylation is 1. The van der Waals surface area contributed by atoms with E-state index < -0.39 is 12.0 Å². The standard InChI is InChI=1S/C29H31N3O4S/c1-4-36-28(34)26-18(2)30-29-32(27(26)20-11-7-12-22(15-20)35-3)21(17-37-29)16-25(33)31-24-14-8-10-19-9-5-6-13-23(19)24/h5-7,9,11-13,15,17,24,27H,4,8,10,14,16H2,1-3H3,(H,31,33)/t24-,27+/m0/s1. The van der Waals surface area contributed by atoms with Gasteiger partial charge < -0.3 is 19.7 Å². The molecule has 2 atom stereocenters. The molecule has 8 heteroatoms. The van der Waals surface area contributed by atoms with E-state index in [-0.39, 0.29) is 25.0 Å². The molecule has 0 bridgehead atoms. The summed E-state index contributed by atoms with van der Waals surface area (Å²) in [6, 6.07) is 15.5. The Labute approximate surface area is 221 Å². The van der Waals surface area contributed by atoms with E-state index in [2.05, 4.69) is 23.5 Å². The number of ether oxygens (including phenoxy) is 2. The van der Waals surface area contributed by atoms with E-state index in [0.717, 1.165) is 35.7 Å². The summed E-state index contributed by atoms with van der Waals surface area (Å²) in [6.07, 6.45) is 3.20. The molecule has 2 aromatic carbocycles. The number of rotatable bonds is 7. The minimum atomic E-state index is -0.480. The van der Waals surface area contributed by atoms with Gasteiger partial charge in [-0.2, -0.15) is 0 Å². The van der Waals surface area contributed by atoms with Crippen molar-refractivity contribution in [3.05, 3.63) is 87.6 Å². The lowest BCUT2D eigenvalue weighted by molar-refractivity contribution is -0.139. The number of carbonyl (C=O) groups is 2. The molecule has 0 saturated carbocycles. The first kappa shape index (κ1) is 25.1. The van der Waals surface area contributed by atoms with Crippen molar-refractivity contribution >= 4 is 28.8 Å². The lowest BCUT2D eigenvalue weighted by Crippen LogP contribution is -2.38. The summed E-state index contributed by atoms with van der Waals surface area (Å²) in [5.74, 6) is 0.229. The van der Waals surface area contributed by atoms with Gasteiger partial charge in [-0.1, -0.05) is 48.2 Å². The van der Waals surface area contributed by atoms with Gasteiger partial charge in [0.2, 0.25) is 5.91 Å². The topological polar surface area (TPSA) is 80.2 Å². The van der Waals surface area contributed by atoms with E-state index in [9.17, 15) is 9.59 Å². The van der Waals surface area contributed by atoms with Gasteiger partial charge in [0, 0.05) is 5.70 Å². The van der Waals surface area contributed by atoms with Crippen LogP contribution >= 0.6 is 11.8 Å². The second kappa shape index (κ2) is 10.8. The van der Waals surface area contributed by atoms with Crippen LogP contribution in [-0.2, 0) is 20.7 Å². The summed E-state index contributed by atoms with van der Waals surface area (Å²) in [5.41, 5.74) is 5.25. The molecule has 1 aliphatic carbocycles. The fourth-order valence-corrected chi connectivity index (χ4v) is 6.24. The van der Waals surface area contributed by atoms with E-state index in [0.29, 0.717) is 17.0 Å². The van der Waals surface area contributed by atoms with Crippen LogP contribution in [0, 0.1) is 0 Å². The molecule has 7 nitrogen and oxygen atoms in total. The van der Waals surface area contributed by atoms with Crippen molar-refractivity contribution in [3.63, 3.8) is 0 Å². The van der Waals surface area contributed by atoms with E-state index in [1.54, 1.807) is 14.0 Å². The van der Waals surface area contributed by atoms with Crippen LogP contribution in [0.15, 0.2) is 75.9 Å². The minimum Gasteiger partial charge on any atom is -0.497 e. The van der Waals surface area contributed by atoms with Gasteiger partial charge in [-0.3, -0.25) is 4.79 Å². The van der Waals surface area contributed by atoms with Crippen molar-refractivity contribution in [3.8, 4) is 5.75 Å². The van der Waals surface area contributed by atoms with E-state index >= 15 is 0 Å². The normalized spacial score (nSPS) is 20.5. The van der Waals surface area contributed by atoms with Crippen LogP contribution in [0.4, 0.5) is 0 Å². The number of hydrogen-bond donors (Lipinski definition) is 1. The molecule has 3 aliphatic rings. The summed E-state index contributed by atoms with van der Waals surface area (Å²) in [6.45, 7) is 3.88. The second-order valence-corrected chi connectivity index (χ2v) is 10.1. The molecule has 0 spiro atoms. The Morgan fingerprint density at radius 2 is 2.03 bits per heavy atom. The smallest absolute Gasteiger partial charge is 0.338 e. The van der Waals surface area contributed by atoms with E-state index in [1.165, 1.54) is 22.9 Å². The molecule has 0 aromatic heterocycles. The quantitative estimate of drug-likeness (QED) is 0.494. The Kier molecular flexibility index (Phi) is 7.37. The number of methoxy groups -OCH3 is 1. The number of amides is 1. The van der Waals surface area contributed by atoms with Crippen molar-refractivity contribution in [1.29, 1.82) is 0 Å². The van der Waals surface area contributed by atoms with Crippen LogP contribution in [0.25, 0.3) is 0 Å². The lowest BCUT2D eigenvalue weighted by Gasteiger charge is -2.36. The fourth-order valence-electron chi connectivity index (χ4n) is 5.28. The number of hydrogen-bond acceptors (Lipinski definition) is 7. The average molecular weight is 518 g/mol. The number of amidine groups is 1. The first-order valence-corrected chi connectivity index (χ1v) is 13.5. The van der Waals surface area contributed by atoms with Crippen LogP contribution in [0.3, 0.4) is 0 Å². The first-order chi connectivity index (χ1) is 18.0. The van der Waals surface area contributed by atoms with Crippen molar-refractivity contribution in [1.82, 2.24) is 10.2 Å². The highest BCUT2D eigenvalue weighted by Crippen LogP contribution is 2.45. The predicted octanol–water partition coefficient (Wildman–Crippen LogP) is 5.42. The Bertz CT molecular complexity index is 1320. The van der Waals surface area contributed by atoms with Gasteiger partial charge in [0.05, 0.1) is 43.5 Å². The first-order valence-electron chi connectivity index (χ1n) is 12.6. The summed E-state index contributed by atoms with van der Waals surface area (Å²) < 4.78 is 10.9. The van der Waals surface area contributed by atoms with E-state index in [4.69, 9.17) is 14.5 Å². The molecule has 0 saturated heterocycles. The molecule has 37 heavy (non-hydrogen) atoms. The molecule has 2 aromatic rings. The molecule has 5 rings (SSSR count). The highest BCUT2D eigenvalue weighted by molar-refractivity contribution is 8.16. The van der Waals surface area contributed by atoms with Crippen LogP contribution in [0.5, 0.6) is 5.75 Å². The van der Waals surface area contributed by atoms with Gasteiger partial charge in [-0.15, -0.1) is 0 Å². The molecular formula is C29H31N3O4S. The SMILES string of the molecule is CCOC(=O)C1=C(C)N=C2SC=C(CC(=O)N[C@H]3CCCc4ccccc43)N2[C@@H]1c1cccc(OC)c1. The molecular weight excluding hydrogens is 486 g/mol. The number of allylic oxidation sites excluding steroid dienone is 1. The summed E-state index contributed by atoms with van der Waals surface area (Å²) in [4.78, 5) is 33.2. The monoisotopic (exact) mass is 517 g/mol. The number of nitrogens with zero attached hydrogens (tertiary/aromatic N) is 2. The molecule has 2 aliphatic heterocycles. The number of fused-ring (bicyclic) bond motifs is 2. The fraction of sp³-hybridized carbons (Fsp3) is 0.345. The molecule has 0 unspecified atom stereocenters. The van der Waals surface area contributed by atoms with Gasteiger partial charge in [0.1, 0.15) is 5.75 Å². The molecule has 1 N–H and O–H groups in total. The third kappa shape index (κ3) is 5.03. The van der Waals surface area contributed by atoms with Crippen LogP contribution in [0.2, 0.25) is 0 Å². The highest BCUT2D eigenvalue weighted by Gasteiger charge is 2.41. The number of esters is 1. The highest BCUT2D eigenvalue weighted by atomic mass is 32.2. The second-order valence-electron chi connectivity index (χ2n) is 9.28. The predicted molar refractivity (Wildman–Crippen MR) is 145 cm³/mol. The maximum absolute atomic E-state index is 13.3. The Balaban J connectivity index is 1.43. The summed E-state index contributed by atoms with van der Waals surface area (Å²) >= 11 is 1.47. The molecule has 2 heterocycles. The third-order valence-electron chi connectivity index (χ3n) is 6.95. The minimum absolute atomic E-state index is 0.00742. The van der Waals surface area contributed by atoms with Gasteiger partial charge in [0.25, 0.3) is 0 Å². The number of aliphatic imine (C=N–C) groups is 1. The molecule has 1 amide bonds. The Morgan fingerprint density at radius 3 is 2.84 bits per heavy atom. The Morgan fingerprint density at radius 1 is 1.19 bits per heavy atom. The van der Waals surface area contributed by atoms with Gasteiger partial charge in [-0.25, -0.2) is 9.79 Å². The van der Waals surface area contributed by atoms with Crippen molar-refractivity contribution in [2.24, 2.45) is 4.99 Å². The van der Waals surface area contributed by atoms with Crippen LogP contribution in [0.1, 0.15) is 61.9 Å². The van der Waals surface area contributed by atoms with E-state index in [1.807, 2.05) is 47.6 Å². The van der Waals surface area contributed by atoms with Gasteiger partial charge in [0.15, 0.2) is 5.17 Å². The number of benzene rings is 2. The summed E-state index contributed by atoms with van der Waals surface area (Å²) in [7, 11) is 1.62. The van der Waals surface area contributed by atoms with Gasteiger partial charge >= 0.3 is 5.97 Å². The van der Waals surface area contributed by atoms with Crippen LogP contribution < -0.4 is 10.1 Å². The molecule has 0 radical (unpaired) electrons. The summed E-state index contributed by atoms with van der Waals surface area (Å²) in [5, 5.41) is 5.95. The van der Waals surface area contributed by atoms with Gasteiger partial charge in [-0.05, 0) is 67.3 Å².